The van der Waals surface area contributed by atoms with E-state index >= 15 is 0 Å². The van der Waals surface area contributed by atoms with Crippen LogP contribution in [0, 0.1) is 0 Å². The zero-order chi connectivity index (χ0) is 15.3. The van der Waals surface area contributed by atoms with Crippen LogP contribution in [-0.4, -0.2) is 47.5 Å². The van der Waals surface area contributed by atoms with Crippen molar-refractivity contribution in [1.29, 1.82) is 0 Å². The number of ether oxygens (including phenoxy) is 1. The molecule has 0 aliphatic carbocycles. The second-order valence-electron chi connectivity index (χ2n) is 4.40. The number of anilines is 1. The number of sulfone groups is 1. The van der Waals surface area contributed by atoms with Gasteiger partial charge in [-0.15, -0.1) is 0 Å². The van der Waals surface area contributed by atoms with E-state index in [-0.39, 0.29) is 6.04 Å². The van der Waals surface area contributed by atoms with Gasteiger partial charge in [-0.3, -0.25) is 0 Å². The van der Waals surface area contributed by atoms with E-state index in [1.807, 2.05) is 0 Å². The van der Waals surface area contributed by atoms with Gasteiger partial charge in [0.1, 0.15) is 0 Å². The standard InChI is InChI=1S/C12H18F2N2O3S/c1-16(7-9(15)8-19-2)10-3-5-11(6-4-10)20(17,18)12(13)14/h3-6,9,12H,7-8,15H2,1-2H3. The Morgan fingerprint density at radius 3 is 2.30 bits per heavy atom. The number of halogens is 2. The van der Waals surface area contributed by atoms with Crippen LogP contribution in [0.1, 0.15) is 0 Å². The first-order valence-electron chi connectivity index (χ1n) is 5.86. The molecule has 2 N–H and O–H groups in total. The van der Waals surface area contributed by atoms with Crippen LogP contribution in [0.15, 0.2) is 29.2 Å². The molecule has 0 saturated heterocycles. The minimum absolute atomic E-state index is 0.200. The number of hydrogen-bond donors (Lipinski definition) is 1. The smallest absolute Gasteiger partial charge is 0.341 e. The highest BCUT2D eigenvalue weighted by atomic mass is 32.2. The normalized spacial score (nSPS) is 13.5. The topological polar surface area (TPSA) is 72.6 Å². The molecule has 1 rings (SSSR count). The van der Waals surface area contributed by atoms with Gasteiger partial charge in [-0.05, 0) is 24.3 Å². The fourth-order valence-electron chi connectivity index (χ4n) is 1.72. The van der Waals surface area contributed by atoms with Crippen molar-refractivity contribution in [3.05, 3.63) is 24.3 Å². The lowest BCUT2D eigenvalue weighted by Gasteiger charge is -2.23. The molecule has 1 unspecified atom stereocenters. The Morgan fingerprint density at radius 1 is 1.30 bits per heavy atom. The maximum absolute atomic E-state index is 12.4. The van der Waals surface area contributed by atoms with Crippen molar-refractivity contribution in [1.82, 2.24) is 0 Å². The number of rotatable bonds is 7. The molecule has 0 fully saturated rings. The minimum atomic E-state index is -4.55. The molecular weight excluding hydrogens is 290 g/mol. The molecular formula is C12H18F2N2O3S. The van der Waals surface area contributed by atoms with E-state index in [2.05, 4.69) is 0 Å². The number of nitrogens with two attached hydrogens (primary N) is 1. The van der Waals surface area contributed by atoms with E-state index in [0.29, 0.717) is 18.8 Å². The summed E-state index contributed by atoms with van der Waals surface area (Å²) in [5, 5.41) is 0. The molecule has 0 aromatic heterocycles. The number of hydrogen-bond acceptors (Lipinski definition) is 5. The molecule has 0 bridgehead atoms. The van der Waals surface area contributed by atoms with Crippen molar-refractivity contribution < 1.29 is 21.9 Å². The van der Waals surface area contributed by atoms with Crippen LogP contribution in [0.3, 0.4) is 0 Å². The van der Waals surface area contributed by atoms with E-state index in [4.69, 9.17) is 10.5 Å². The quantitative estimate of drug-likeness (QED) is 0.816. The van der Waals surface area contributed by atoms with Crippen LogP contribution < -0.4 is 10.6 Å². The van der Waals surface area contributed by atoms with E-state index in [1.165, 1.54) is 12.1 Å². The van der Waals surface area contributed by atoms with Crippen LogP contribution in [-0.2, 0) is 14.6 Å². The minimum Gasteiger partial charge on any atom is -0.383 e. The summed E-state index contributed by atoms with van der Waals surface area (Å²) in [6.45, 7) is 0.886. The molecule has 0 heterocycles. The van der Waals surface area contributed by atoms with Gasteiger partial charge >= 0.3 is 5.76 Å². The first-order valence-corrected chi connectivity index (χ1v) is 7.41. The summed E-state index contributed by atoms with van der Waals surface area (Å²) in [5.74, 6) is -3.42. The second kappa shape index (κ2) is 6.96. The molecule has 0 saturated carbocycles. The molecule has 1 aromatic rings. The van der Waals surface area contributed by atoms with E-state index in [1.54, 1.807) is 19.1 Å². The van der Waals surface area contributed by atoms with Crippen LogP contribution in [0.5, 0.6) is 0 Å². The summed E-state index contributed by atoms with van der Waals surface area (Å²) >= 11 is 0. The molecule has 0 amide bonds. The summed E-state index contributed by atoms with van der Waals surface area (Å²) in [6, 6.07) is 5.06. The van der Waals surface area contributed by atoms with Crippen LogP contribution in [0.2, 0.25) is 0 Å². The van der Waals surface area contributed by atoms with Crippen molar-refractivity contribution in [2.24, 2.45) is 5.73 Å². The highest BCUT2D eigenvalue weighted by Crippen LogP contribution is 2.21. The maximum Gasteiger partial charge on any atom is 0.341 e. The van der Waals surface area contributed by atoms with Gasteiger partial charge in [0.05, 0.1) is 11.5 Å². The van der Waals surface area contributed by atoms with Crippen LogP contribution in [0.25, 0.3) is 0 Å². The number of likely N-dealkylation sites (N-methyl/N-ethyl adjacent to an activating group) is 1. The zero-order valence-electron chi connectivity index (χ0n) is 11.3. The van der Waals surface area contributed by atoms with E-state index in [0.717, 1.165) is 12.1 Å². The Hall–Kier alpha value is -1.25. The van der Waals surface area contributed by atoms with Gasteiger partial charge in [-0.2, -0.15) is 8.78 Å². The number of alkyl halides is 2. The Kier molecular flexibility index (Phi) is 5.85. The van der Waals surface area contributed by atoms with E-state index < -0.39 is 20.5 Å². The summed E-state index contributed by atoms with van der Waals surface area (Å²) in [5.41, 5.74) is 6.48. The predicted molar refractivity (Wildman–Crippen MR) is 72.8 cm³/mol. The highest BCUT2D eigenvalue weighted by molar-refractivity contribution is 7.91. The van der Waals surface area contributed by atoms with Crippen LogP contribution in [0.4, 0.5) is 14.5 Å². The van der Waals surface area contributed by atoms with Crippen molar-refractivity contribution in [2.45, 2.75) is 16.7 Å². The zero-order valence-corrected chi connectivity index (χ0v) is 12.1. The fourth-order valence-corrected chi connectivity index (χ4v) is 2.44. The van der Waals surface area contributed by atoms with Crippen molar-refractivity contribution in [3.63, 3.8) is 0 Å². The number of nitrogens with zero attached hydrogens (tertiary/aromatic N) is 1. The Morgan fingerprint density at radius 2 is 1.85 bits per heavy atom. The molecule has 114 valence electrons. The summed E-state index contributed by atoms with van der Waals surface area (Å²) in [7, 11) is -1.23. The fraction of sp³-hybridized carbons (Fsp3) is 0.500. The van der Waals surface area contributed by atoms with Crippen LogP contribution >= 0.6 is 0 Å². The average molecular weight is 308 g/mol. The second-order valence-corrected chi connectivity index (χ2v) is 6.31. The lowest BCUT2D eigenvalue weighted by molar-refractivity contribution is 0.181. The summed E-state index contributed by atoms with van der Waals surface area (Å²) < 4.78 is 52.2. The molecule has 8 heteroatoms. The Labute approximate surface area is 117 Å². The first kappa shape index (κ1) is 16.8. The lowest BCUT2D eigenvalue weighted by Crippen LogP contribution is -2.38. The molecule has 1 aromatic carbocycles. The predicted octanol–water partition coefficient (Wildman–Crippen LogP) is 1.09. The van der Waals surface area contributed by atoms with Crippen molar-refractivity contribution in [2.75, 3.05) is 32.2 Å². The third kappa shape index (κ3) is 4.12. The van der Waals surface area contributed by atoms with Gasteiger partial charge in [0.25, 0.3) is 0 Å². The van der Waals surface area contributed by atoms with Gasteiger partial charge in [0.2, 0.25) is 9.84 Å². The number of methoxy groups -OCH3 is 1. The molecule has 0 aliphatic rings. The van der Waals surface area contributed by atoms with Gasteiger partial charge in [-0.1, -0.05) is 0 Å². The molecule has 1 atom stereocenters. The molecule has 20 heavy (non-hydrogen) atoms. The molecule has 5 nitrogen and oxygen atoms in total. The molecule has 0 radical (unpaired) electrons. The van der Waals surface area contributed by atoms with Gasteiger partial charge < -0.3 is 15.4 Å². The van der Waals surface area contributed by atoms with Crippen molar-refractivity contribution in [3.8, 4) is 0 Å². The largest absolute Gasteiger partial charge is 0.383 e. The SMILES string of the molecule is COCC(N)CN(C)c1ccc(S(=O)(=O)C(F)F)cc1. The first-order chi connectivity index (χ1) is 9.28. The monoisotopic (exact) mass is 308 g/mol. The van der Waals surface area contributed by atoms with Gasteiger partial charge in [0, 0.05) is 32.4 Å². The maximum atomic E-state index is 12.4. The highest BCUT2D eigenvalue weighted by Gasteiger charge is 2.26. The summed E-state index contributed by atoms with van der Waals surface area (Å²) in [6.07, 6.45) is 0. The van der Waals surface area contributed by atoms with E-state index in [9.17, 15) is 17.2 Å². The molecule has 0 aliphatic heterocycles. The Balaban J connectivity index is 2.81. The van der Waals surface area contributed by atoms with Gasteiger partial charge in [-0.25, -0.2) is 8.42 Å². The molecule has 0 spiro atoms. The number of benzene rings is 1. The van der Waals surface area contributed by atoms with Gasteiger partial charge in [0.15, 0.2) is 0 Å². The third-order valence-electron chi connectivity index (χ3n) is 2.73. The Bertz CT molecular complexity index is 520. The average Bonchev–Trinajstić information content (AvgIpc) is 2.38. The summed E-state index contributed by atoms with van der Waals surface area (Å²) in [4.78, 5) is 1.40. The third-order valence-corrected chi connectivity index (χ3v) is 4.13. The van der Waals surface area contributed by atoms with Crippen molar-refractivity contribution >= 4 is 15.5 Å². The lowest BCUT2D eigenvalue weighted by atomic mass is 10.2.